The number of rotatable bonds is 4. The smallest absolute Gasteiger partial charge is 0.373 e. The molecule has 10 heteroatoms. The second-order valence-electron chi connectivity index (χ2n) is 5.75. The summed E-state index contributed by atoms with van der Waals surface area (Å²) in [6.45, 7) is 0.0553. The van der Waals surface area contributed by atoms with Gasteiger partial charge in [-0.1, -0.05) is 15.9 Å². The molecule has 0 aliphatic carbocycles. The average Bonchev–Trinajstić information content (AvgIpc) is 3.38. The van der Waals surface area contributed by atoms with Crippen LogP contribution in [0.15, 0.2) is 38.1 Å². The fourth-order valence-corrected chi connectivity index (χ4v) is 3.92. The van der Waals surface area contributed by atoms with E-state index in [9.17, 15) is 14.4 Å². The molecule has 1 aromatic carbocycles. The Balaban J connectivity index is 1.55. The minimum absolute atomic E-state index is 0.00399. The zero-order valence-electron chi connectivity index (χ0n) is 14.4. The minimum atomic E-state index is -0.632. The van der Waals surface area contributed by atoms with Gasteiger partial charge in [0.25, 0.3) is 11.1 Å². The lowest BCUT2D eigenvalue weighted by Crippen LogP contribution is -2.27. The number of nitrogens with zero attached hydrogens (tertiary/aromatic N) is 1. The highest BCUT2D eigenvalue weighted by atomic mass is 79.9. The van der Waals surface area contributed by atoms with Crippen LogP contribution in [0.3, 0.4) is 0 Å². The molecule has 2 aromatic rings. The van der Waals surface area contributed by atoms with Gasteiger partial charge in [-0.25, -0.2) is 4.79 Å². The van der Waals surface area contributed by atoms with E-state index in [0.717, 1.165) is 16.7 Å². The van der Waals surface area contributed by atoms with E-state index < -0.39 is 17.1 Å². The van der Waals surface area contributed by atoms with Crippen molar-refractivity contribution < 1.29 is 33.0 Å². The quantitative estimate of drug-likeness (QED) is 0.496. The number of carbonyl (C=O) groups excluding carboxylic acids is 3. The van der Waals surface area contributed by atoms with Crippen molar-refractivity contribution in [3.63, 3.8) is 0 Å². The highest BCUT2D eigenvalue weighted by Gasteiger charge is 2.36. The van der Waals surface area contributed by atoms with Gasteiger partial charge in [-0.3, -0.25) is 14.5 Å². The Morgan fingerprint density at radius 2 is 2.04 bits per heavy atom. The van der Waals surface area contributed by atoms with Crippen molar-refractivity contribution in [1.82, 2.24) is 4.90 Å². The number of thioether (sulfide) groups is 1. The second-order valence-corrected chi connectivity index (χ2v) is 7.60. The third-order valence-corrected chi connectivity index (χ3v) is 5.61. The van der Waals surface area contributed by atoms with E-state index in [2.05, 4.69) is 20.7 Å². The second kappa shape index (κ2) is 7.36. The molecule has 0 spiro atoms. The Hall–Kier alpha value is -2.72. The van der Waals surface area contributed by atoms with Crippen LogP contribution in [0, 0.1) is 0 Å². The zero-order chi connectivity index (χ0) is 19.8. The van der Waals surface area contributed by atoms with Gasteiger partial charge in [0.2, 0.25) is 12.6 Å². The predicted molar refractivity (Wildman–Crippen MR) is 102 cm³/mol. The lowest BCUT2D eigenvalue weighted by molar-refractivity contribution is -0.123. The van der Waals surface area contributed by atoms with Gasteiger partial charge in [0, 0.05) is 4.47 Å². The number of benzene rings is 1. The van der Waals surface area contributed by atoms with Crippen molar-refractivity contribution in [3.05, 3.63) is 50.7 Å². The molecule has 0 bridgehead atoms. The number of furan rings is 1. The molecule has 28 heavy (non-hydrogen) atoms. The Morgan fingerprint density at radius 3 is 2.79 bits per heavy atom. The number of esters is 1. The van der Waals surface area contributed by atoms with Crippen LogP contribution in [0.5, 0.6) is 11.5 Å². The number of carbonyl (C=O) groups is 3. The molecule has 0 radical (unpaired) electrons. The van der Waals surface area contributed by atoms with Crippen LogP contribution in [0.1, 0.15) is 21.9 Å². The molecule has 3 heterocycles. The van der Waals surface area contributed by atoms with Crippen LogP contribution in [0.25, 0.3) is 6.08 Å². The maximum Gasteiger partial charge on any atom is 0.373 e. The molecule has 2 aliphatic rings. The van der Waals surface area contributed by atoms with Crippen molar-refractivity contribution in [2.45, 2.75) is 6.54 Å². The summed E-state index contributed by atoms with van der Waals surface area (Å²) in [5, 5.41) is -0.427. The van der Waals surface area contributed by atoms with Gasteiger partial charge < -0.3 is 18.6 Å². The summed E-state index contributed by atoms with van der Waals surface area (Å²) in [5.74, 6) is 0.400. The SMILES string of the molecule is COC(=O)c1ccc(CN2C(=O)S/C(=C\c3cc4c(cc3Br)OCO4)C2=O)o1. The largest absolute Gasteiger partial charge is 0.463 e. The number of imide groups is 1. The van der Waals surface area contributed by atoms with Crippen molar-refractivity contribution in [3.8, 4) is 11.5 Å². The van der Waals surface area contributed by atoms with Crippen LogP contribution < -0.4 is 9.47 Å². The predicted octanol–water partition coefficient (Wildman–Crippen LogP) is 3.79. The molecular weight excluding hydrogens is 454 g/mol. The highest BCUT2D eigenvalue weighted by molar-refractivity contribution is 9.10. The van der Waals surface area contributed by atoms with Crippen molar-refractivity contribution >= 4 is 50.9 Å². The maximum absolute atomic E-state index is 12.7. The topological polar surface area (TPSA) is 95.3 Å². The fraction of sp³-hybridized carbons (Fsp3) is 0.167. The Bertz CT molecular complexity index is 1030. The normalized spacial score (nSPS) is 16.9. The van der Waals surface area contributed by atoms with Crippen molar-refractivity contribution in [2.75, 3.05) is 13.9 Å². The first-order valence-corrected chi connectivity index (χ1v) is 9.59. The number of halogens is 1. The minimum Gasteiger partial charge on any atom is -0.463 e. The van der Waals surface area contributed by atoms with Gasteiger partial charge in [0.05, 0.1) is 18.6 Å². The fourth-order valence-electron chi connectivity index (χ4n) is 2.65. The Kier molecular flexibility index (Phi) is 4.90. The van der Waals surface area contributed by atoms with Crippen LogP contribution in [-0.2, 0) is 16.1 Å². The Morgan fingerprint density at radius 1 is 1.29 bits per heavy atom. The molecule has 1 saturated heterocycles. The van der Waals surface area contributed by atoms with E-state index in [1.165, 1.54) is 19.2 Å². The zero-order valence-corrected chi connectivity index (χ0v) is 16.8. The number of hydrogen-bond donors (Lipinski definition) is 0. The summed E-state index contributed by atoms with van der Waals surface area (Å²) < 4.78 is 21.3. The lowest BCUT2D eigenvalue weighted by atomic mass is 10.2. The summed E-state index contributed by atoms with van der Waals surface area (Å²) in [4.78, 5) is 37.8. The molecule has 2 amide bonds. The van der Waals surface area contributed by atoms with Crippen molar-refractivity contribution in [1.29, 1.82) is 0 Å². The van der Waals surface area contributed by atoms with E-state index >= 15 is 0 Å². The van der Waals surface area contributed by atoms with Gasteiger partial charge in [-0.05, 0) is 47.7 Å². The van der Waals surface area contributed by atoms with E-state index in [1.54, 1.807) is 18.2 Å². The molecule has 1 aromatic heterocycles. The van der Waals surface area contributed by atoms with Crippen molar-refractivity contribution in [2.24, 2.45) is 0 Å². The van der Waals surface area contributed by atoms with Gasteiger partial charge in [0.15, 0.2) is 11.5 Å². The van der Waals surface area contributed by atoms with Gasteiger partial charge in [0.1, 0.15) is 5.76 Å². The molecule has 2 aliphatic heterocycles. The summed E-state index contributed by atoms with van der Waals surface area (Å²) >= 11 is 4.25. The van der Waals surface area contributed by atoms with E-state index in [4.69, 9.17) is 13.9 Å². The number of hydrogen-bond acceptors (Lipinski definition) is 8. The molecule has 0 unspecified atom stereocenters. The monoisotopic (exact) mass is 465 g/mol. The maximum atomic E-state index is 12.7. The molecule has 0 N–H and O–H groups in total. The molecule has 0 saturated carbocycles. The molecule has 144 valence electrons. The Labute approximate surface area is 171 Å². The number of methoxy groups -OCH3 is 1. The first-order valence-electron chi connectivity index (χ1n) is 7.98. The summed E-state index contributed by atoms with van der Waals surface area (Å²) in [5.41, 5.74) is 0.681. The van der Waals surface area contributed by atoms with Gasteiger partial charge in [-0.15, -0.1) is 0 Å². The third-order valence-electron chi connectivity index (χ3n) is 4.01. The molecular formula is C18H12BrNO7S. The first kappa shape index (κ1) is 18.6. The number of amides is 2. The molecule has 4 rings (SSSR count). The van der Waals surface area contributed by atoms with Crippen LogP contribution in [0.4, 0.5) is 4.79 Å². The first-order chi connectivity index (χ1) is 13.5. The summed E-state index contributed by atoms with van der Waals surface area (Å²) in [6, 6.07) is 6.43. The number of ether oxygens (including phenoxy) is 3. The lowest BCUT2D eigenvalue weighted by Gasteiger charge is -2.10. The standard InChI is InChI=1S/C18H12BrNO7S/c1-24-17(22)12-3-2-10(27-12)7-20-16(21)15(28-18(20)23)5-9-4-13-14(6-11(9)19)26-8-25-13/h2-6H,7-8H2,1H3/b15-5-. The third kappa shape index (κ3) is 3.40. The molecule has 8 nitrogen and oxygen atoms in total. The average molecular weight is 466 g/mol. The highest BCUT2D eigenvalue weighted by Crippen LogP contribution is 2.40. The van der Waals surface area contributed by atoms with Crippen LogP contribution in [0.2, 0.25) is 0 Å². The molecule has 1 fully saturated rings. The van der Waals surface area contributed by atoms with E-state index in [0.29, 0.717) is 27.3 Å². The van der Waals surface area contributed by atoms with E-state index in [-0.39, 0.29) is 24.0 Å². The molecule has 0 atom stereocenters. The van der Waals surface area contributed by atoms with Crippen LogP contribution in [-0.4, -0.2) is 35.9 Å². The van der Waals surface area contributed by atoms with Gasteiger partial charge >= 0.3 is 5.97 Å². The van der Waals surface area contributed by atoms with E-state index in [1.807, 2.05) is 0 Å². The summed E-state index contributed by atoms with van der Waals surface area (Å²) in [7, 11) is 1.24. The van der Waals surface area contributed by atoms with Crippen LogP contribution >= 0.6 is 27.7 Å². The summed E-state index contributed by atoms with van der Waals surface area (Å²) in [6.07, 6.45) is 1.61. The number of fused-ring (bicyclic) bond motifs is 1. The van der Waals surface area contributed by atoms with Gasteiger partial charge in [-0.2, -0.15) is 0 Å².